The van der Waals surface area contributed by atoms with Crippen molar-refractivity contribution in [1.82, 2.24) is 18.7 Å². The molecular weight excluding hydrogens is 474 g/mol. The lowest BCUT2D eigenvalue weighted by atomic mass is 10.1. The molecule has 0 unspecified atom stereocenters. The predicted molar refractivity (Wildman–Crippen MR) is 136 cm³/mol. The number of anilines is 1. The van der Waals surface area contributed by atoms with Gasteiger partial charge in [-0.1, -0.05) is 53.7 Å². The Kier molecular flexibility index (Phi) is 6.67. The van der Waals surface area contributed by atoms with Gasteiger partial charge >= 0.3 is 5.69 Å². The molecule has 2 heterocycles. The number of halogens is 1. The Bertz CT molecular complexity index is 1500. The average molecular weight is 498 g/mol. The Labute approximate surface area is 205 Å². The van der Waals surface area contributed by atoms with Crippen LogP contribution in [0.3, 0.4) is 0 Å². The van der Waals surface area contributed by atoms with E-state index in [1.807, 2.05) is 44.2 Å². The maximum Gasteiger partial charge on any atom is 0.332 e. The fourth-order valence-corrected chi connectivity index (χ4v) is 4.69. The van der Waals surface area contributed by atoms with Gasteiger partial charge < -0.3 is 9.88 Å². The van der Waals surface area contributed by atoms with Gasteiger partial charge in [0.15, 0.2) is 16.3 Å². The molecule has 34 heavy (non-hydrogen) atoms. The van der Waals surface area contributed by atoms with Gasteiger partial charge in [-0.15, -0.1) is 0 Å². The van der Waals surface area contributed by atoms with Crippen LogP contribution in [0.2, 0.25) is 5.02 Å². The van der Waals surface area contributed by atoms with Crippen molar-refractivity contribution in [2.24, 2.45) is 14.1 Å². The smallest absolute Gasteiger partial charge is 0.325 e. The molecular formula is C24H24ClN5O3S. The van der Waals surface area contributed by atoms with Gasteiger partial charge in [0.1, 0.15) is 0 Å². The minimum atomic E-state index is -0.460. The number of carbonyl (C=O) groups excluding carboxylic acids is 1. The quantitative estimate of drug-likeness (QED) is 0.412. The van der Waals surface area contributed by atoms with Gasteiger partial charge in [0.25, 0.3) is 5.56 Å². The third kappa shape index (κ3) is 4.53. The first-order valence-electron chi connectivity index (χ1n) is 10.6. The number of aryl methyl sites for hydroxylation is 3. The molecule has 0 spiro atoms. The van der Waals surface area contributed by atoms with E-state index >= 15 is 0 Å². The zero-order valence-corrected chi connectivity index (χ0v) is 20.8. The van der Waals surface area contributed by atoms with Crippen molar-refractivity contribution in [3.8, 4) is 0 Å². The average Bonchev–Trinajstić information content (AvgIpc) is 3.17. The second-order valence-corrected chi connectivity index (χ2v) is 9.47. The van der Waals surface area contributed by atoms with Crippen LogP contribution < -0.4 is 16.6 Å². The van der Waals surface area contributed by atoms with Gasteiger partial charge in [0, 0.05) is 24.8 Å². The lowest BCUT2D eigenvalue weighted by molar-refractivity contribution is -0.113. The predicted octanol–water partition coefficient (Wildman–Crippen LogP) is 3.48. The summed E-state index contributed by atoms with van der Waals surface area (Å²) < 4.78 is 4.15. The highest BCUT2D eigenvalue weighted by atomic mass is 35.5. The molecule has 4 rings (SSSR count). The summed E-state index contributed by atoms with van der Waals surface area (Å²) >= 11 is 7.23. The van der Waals surface area contributed by atoms with Gasteiger partial charge in [-0.05, 0) is 42.7 Å². The summed E-state index contributed by atoms with van der Waals surface area (Å²) in [6.45, 7) is 4.22. The van der Waals surface area contributed by atoms with Crippen molar-refractivity contribution in [3.05, 3.63) is 85.0 Å². The summed E-state index contributed by atoms with van der Waals surface area (Å²) in [6.07, 6.45) is 0. The van der Waals surface area contributed by atoms with Gasteiger partial charge in [-0.25, -0.2) is 9.78 Å². The van der Waals surface area contributed by atoms with E-state index in [1.165, 1.54) is 23.4 Å². The highest BCUT2D eigenvalue weighted by Crippen LogP contribution is 2.25. The topological polar surface area (TPSA) is 90.9 Å². The molecule has 0 saturated heterocycles. The summed E-state index contributed by atoms with van der Waals surface area (Å²) in [4.78, 5) is 42.8. The first kappa shape index (κ1) is 23.8. The minimum absolute atomic E-state index is 0.0893. The van der Waals surface area contributed by atoms with Crippen molar-refractivity contribution >= 4 is 46.1 Å². The monoisotopic (exact) mass is 497 g/mol. The number of aromatic nitrogens is 4. The summed E-state index contributed by atoms with van der Waals surface area (Å²) in [5.74, 6) is -0.0966. The van der Waals surface area contributed by atoms with Crippen LogP contribution >= 0.6 is 23.4 Å². The highest BCUT2D eigenvalue weighted by Gasteiger charge is 2.20. The fraction of sp³-hybridized carbons (Fsp3) is 0.250. The zero-order valence-electron chi connectivity index (χ0n) is 19.3. The van der Waals surface area contributed by atoms with Gasteiger partial charge in [-0.2, -0.15) is 0 Å². The molecule has 0 aliphatic heterocycles. The molecule has 8 nitrogen and oxygen atoms in total. The molecule has 0 atom stereocenters. The molecule has 0 aliphatic carbocycles. The van der Waals surface area contributed by atoms with Crippen molar-refractivity contribution in [2.45, 2.75) is 25.5 Å². The molecule has 2 aromatic heterocycles. The van der Waals surface area contributed by atoms with E-state index in [0.717, 1.165) is 26.9 Å². The SMILES string of the molecule is Cc1cccc(C)c1NC(=O)CSc1nc2c(c(=O)n(C)c(=O)n2C)n1Cc1ccc(Cl)cc1. The maximum absolute atomic E-state index is 13.0. The number of amides is 1. The van der Waals surface area contributed by atoms with Crippen molar-refractivity contribution in [2.75, 3.05) is 11.1 Å². The number of fused-ring (bicyclic) bond motifs is 1. The van der Waals surface area contributed by atoms with Crippen LogP contribution in [0, 0.1) is 13.8 Å². The van der Waals surface area contributed by atoms with Crippen LogP contribution in [0.15, 0.2) is 57.2 Å². The molecule has 4 aromatic rings. The first-order chi connectivity index (χ1) is 16.2. The number of hydrogen-bond donors (Lipinski definition) is 1. The third-order valence-corrected chi connectivity index (χ3v) is 6.87. The number of rotatable bonds is 6. The van der Waals surface area contributed by atoms with Crippen LogP contribution in [-0.2, 0) is 25.4 Å². The van der Waals surface area contributed by atoms with E-state index in [2.05, 4.69) is 10.3 Å². The number of thioether (sulfide) groups is 1. The normalized spacial score (nSPS) is 11.2. The summed E-state index contributed by atoms with van der Waals surface area (Å²) in [5.41, 5.74) is 3.33. The van der Waals surface area contributed by atoms with Crippen molar-refractivity contribution in [3.63, 3.8) is 0 Å². The number of benzene rings is 2. The number of nitrogens with zero attached hydrogens (tertiary/aromatic N) is 4. The van der Waals surface area contributed by atoms with Gasteiger partial charge in [0.05, 0.1) is 12.3 Å². The second-order valence-electron chi connectivity index (χ2n) is 8.09. The molecule has 0 radical (unpaired) electrons. The van der Waals surface area contributed by atoms with E-state index in [4.69, 9.17) is 11.6 Å². The van der Waals surface area contributed by atoms with E-state index in [1.54, 1.807) is 23.7 Å². The number of para-hydroxylation sites is 1. The summed E-state index contributed by atoms with van der Waals surface area (Å²) in [5, 5.41) is 4.05. The molecule has 0 fully saturated rings. The van der Waals surface area contributed by atoms with E-state index in [0.29, 0.717) is 22.2 Å². The Morgan fingerprint density at radius 2 is 1.68 bits per heavy atom. The van der Waals surface area contributed by atoms with Gasteiger partial charge in [-0.3, -0.25) is 18.7 Å². The Morgan fingerprint density at radius 1 is 1.03 bits per heavy atom. The highest BCUT2D eigenvalue weighted by molar-refractivity contribution is 7.99. The molecule has 2 aromatic carbocycles. The van der Waals surface area contributed by atoms with Crippen LogP contribution in [0.25, 0.3) is 11.2 Å². The standard InChI is InChI=1S/C24H24ClN5O3S/c1-14-6-5-7-15(2)19(14)26-18(31)13-34-23-27-21-20(22(32)29(4)24(33)28(21)3)30(23)12-16-8-10-17(25)11-9-16/h5-11H,12-13H2,1-4H3,(H,26,31). The number of imidazole rings is 1. The Morgan fingerprint density at radius 3 is 2.32 bits per heavy atom. The molecule has 0 aliphatic rings. The molecule has 0 saturated carbocycles. The Balaban J connectivity index is 1.71. The number of nitrogens with one attached hydrogen (secondary N) is 1. The van der Waals surface area contributed by atoms with Crippen molar-refractivity contribution < 1.29 is 4.79 Å². The van der Waals surface area contributed by atoms with E-state index < -0.39 is 11.2 Å². The lowest BCUT2D eigenvalue weighted by Gasteiger charge is -2.12. The first-order valence-corrected chi connectivity index (χ1v) is 11.9. The molecule has 176 valence electrons. The minimum Gasteiger partial charge on any atom is -0.325 e. The summed E-state index contributed by atoms with van der Waals surface area (Å²) in [7, 11) is 3.01. The zero-order chi connectivity index (χ0) is 24.6. The Hall–Kier alpha value is -3.30. The van der Waals surface area contributed by atoms with E-state index in [9.17, 15) is 14.4 Å². The number of hydrogen-bond acceptors (Lipinski definition) is 5. The second kappa shape index (κ2) is 9.52. The molecule has 1 N–H and O–H groups in total. The van der Waals surface area contributed by atoms with Crippen LogP contribution in [0.4, 0.5) is 5.69 Å². The van der Waals surface area contributed by atoms with Crippen LogP contribution in [-0.4, -0.2) is 30.3 Å². The maximum atomic E-state index is 13.0. The lowest BCUT2D eigenvalue weighted by Crippen LogP contribution is -2.37. The fourth-order valence-electron chi connectivity index (χ4n) is 3.77. The van der Waals surface area contributed by atoms with Crippen LogP contribution in [0.5, 0.6) is 0 Å². The largest absolute Gasteiger partial charge is 0.332 e. The number of carbonyl (C=O) groups is 1. The van der Waals surface area contributed by atoms with Gasteiger partial charge in [0.2, 0.25) is 5.91 Å². The summed E-state index contributed by atoms with van der Waals surface area (Å²) in [6, 6.07) is 13.1. The molecule has 10 heteroatoms. The third-order valence-electron chi connectivity index (χ3n) is 5.64. The van der Waals surface area contributed by atoms with Crippen molar-refractivity contribution in [1.29, 1.82) is 0 Å². The van der Waals surface area contributed by atoms with E-state index in [-0.39, 0.29) is 17.3 Å². The molecule has 0 bridgehead atoms. The van der Waals surface area contributed by atoms with Crippen LogP contribution in [0.1, 0.15) is 16.7 Å². The molecule has 1 amide bonds.